The lowest BCUT2D eigenvalue weighted by atomic mass is 10.2. The second-order valence-corrected chi connectivity index (χ2v) is 5.94. The van der Waals surface area contributed by atoms with Crippen molar-refractivity contribution in [2.75, 3.05) is 5.75 Å². The van der Waals surface area contributed by atoms with E-state index in [0.717, 1.165) is 5.56 Å². The second kappa shape index (κ2) is 5.28. The van der Waals surface area contributed by atoms with E-state index in [2.05, 4.69) is 10.1 Å². The van der Waals surface area contributed by atoms with E-state index < -0.39 is 9.84 Å². The number of sulfone groups is 1. The van der Waals surface area contributed by atoms with Crippen LogP contribution in [0.5, 0.6) is 0 Å². The molecule has 0 spiro atoms. The number of hydrogen-bond donors (Lipinski definition) is 1. The molecule has 0 aliphatic rings. The van der Waals surface area contributed by atoms with E-state index in [1.165, 1.54) is 17.3 Å². The Morgan fingerprint density at radius 2 is 2.17 bits per heavy atom. The van der Waals surface area contributed by atoms with Crippen molar-refractivity contribution in [3.63, 3.8) is 0 Å². The number of rotatable bonds is 5. The fourth-order valence-electron chi connectivity index (χ4n) is 1.55. The summed E-state index contributed by atoms with van der Waals surface area (Å²) in [5.74, 6) is -0.00954. The molecule has 0 saturated carbocycles. The quantitative estimate of drug-likeness (QED) is 0.835. The van der Waals surface area contributed by atoms with Crippen LogP contribution in [-0.2, 0) is 22.9 Å². The van der Waals surface area contributed by atoms with Gasteiger partial charge in [-0.1, -0.05) is 12.1 Å². The number of nitrogens with zero attached hydrogens (tertiary/aromatic N) is 3. The molecule has 1 heterocycles. The third kappa shape index (κ3) is 2.93. The number of nitrogens with two attached hydrogens (primary N) is 1. The van der Waals surface area contributed by atoms with Crippen LogP contribution in [0.3, 0.4) is 0 Å². The summed E-state index contributed by atoms with van der Waals surface area (Å²) in [5, 5.41) is 3.87. The monoisotopic (exact) mass is 266 g/mol. The average molecular weight is 266 g/mol. The zero-order valence-electron chi connectivity index (χ0n) is 9.73. The Balaban J connectivity index is 2.14. The molecule has 1 aromatic carbocycles. The van der Waals surface area contributed by atoms with Crippen LogP contribution in [0.1, 0.15) is 5.56 Å². The van der Waals surface area contributed by atoms with Gasteiger partial charge >= 0.3 is 0 Å². The summed E-state index contributed by atoms with van der Waals surface area (Å²) in [6.45, 7) is 0.613. The maximum atomic E-state index is 12.1. The predicted octanol–water partition coefficient (Wildman–Crippen LogP) is 0.211. The van der Waals surface area contributed by atoms with Gasteiger partial charge in [0.25, 0.3) is 0 Å². The van der Waals surface area contributed by atoms with Crippen molar-refractivity contribution in [1.82, 2.24) is 14.8 Å². The third-order valence-electron chi connectivity index (χ3n) is 2.55. The van der Waals surface area contributed by atoms with Gasteiger partial charge in [-0.15, -0.1) is 0 Å². The van der Waals surface area contributed by atoms with Crippen LogP contribution >= 0.6 is 0 Å². The minimum Gasteiger partial charge on any atom is -0.326 e. The van der Waals surface area contributed by atoms with Crippen LogP contribution in [0.25, 0.3) is 0 Å². The van der Waals surface area contributed by atoms with E-state index in [1.54, 1.807) is 24.3 Å². The molecule has 0 aliphatic heterocycles. The maximum Gasteiger partial charge on any atom is 0.180 e. The van der Waals surface area contributed by atoms with Gasteiger partial charge in [-0.05, 0) is 17.7 Å². The fourth-order valence-corrected chi connectivity index (χ4v) is 2.83. The SMILES string of the molecule is NCc1cccc(S(=O)(=O)CCn2cncn2)c1. The van der Waals surface area contributed by atoms with Crippen molar-refractivity contribution in [2.45, 2.75) is 18.0 Å². The minimum atomic E-state index is -3.31. The Kier molecular flexibility index (Phi) is 3.73. The number of benzene rings is 1. The van der Waals surface area contributed by atoms with Crippen LogP contribution in [0.15, 0.2) is 41.8 Å². The Morgan fingerprint density at radius 3 is 2.83 bits per heavy atom. The molecule has 96 valence electrons. The molecule has 0 bridgehead atoms. The molecule has 2 rings (SSSR count). The van der Waals surface area contributed by atoms with Gasteiger partial charge in [0, 0.05) is 6.54 Å². The van der Waals surface area contributed by atoms with E-state index in [0.29, 0.717) is 11.4 Å². The highest BCUT2D eigenvalue weighted by atomic mass is 32.2. The molecular weight excluding hydrogens is 252 g/mol. The summed E-state index contributed by atoms with van der Waals surface area (Å²) < 4.78 is 25.7. The normalized spacial score (nSPS) is 11.6. The van der Waals surface area contributed by atoms with Crippen molar-refractivity contribution in [2.24, 2.45) is 5.73 Å². The summed E-state index contributed by atoms with van der Waals surface area (Å²) >= 11 is 0. The third-order valence-corrected chi connectivity index (χ3v) is 4.24. The van der Waals surface area contributed by atoms with Gasteiger partial charge in [0.1, 0.15) is 12.7 Å². The molecule has 2 N–H and O–H groups in total. The van der Waals surface area contributed by atoms with Gasteiger partial charge < -0.3 is 5.73 Å². The van der Waals surface area contributed by atoms with Crippen molar-refractivity contribution in [3.8, 4) is 0 Å². The van der Waals surface area contributed by atoms with Crippen LogP contribution < -0.4 is 5.73 Å². The Morgan fingerprint density at radius 1 is 1.33 bits per heavy atom. The highest BCUT2D eigenvalue weighted by Crippen LogP contribution is 2.13. The van der Waals surface area contributed by atoms with Crippen molar-refractivity contribution in [3.05, 3.63) is 42.5 Å². The minimum absolute atomic E-state index is 0.00954. The van der Waals surface area contributed by atoms with Crippen molar-refractivity contribution in [1.29, 1.82) is 0 Å². The van der Waals surface area contributed by atoms with Crippen molar-refractivity contribution < 1.29 is 8.42 Å². The molecule has 18 heavy (non-hydrogen) atoms. The van der Waals surface area contributed by atoms with Crippen LogP contribution in [0.4, 0.5) is 0 Å². The summed E-state index contributed by atoms with van der Waals surface area (Å²) in [7, 11) is -3.31. The summed E-state index contributed by atoms with van der Waals surface area (Å²) in [4.78, 5) is 4.06. The number of aryl methyl sites for hydroxylation is 1. The molecule has 0 aliphatic carbocycles. The van der Waals surface area contributed by atoms with Crippen molar-refractivity contribution >= 4 is 9.84 Å². The van der Waals surface area contributed by atoms with Crippen LogP contribution in [0.2, 0.25) is 0 Å². The van der Waals surface area contributed by atoms with E-state index in [1.807, 2.05) is 0 Å². The standard InChI is InChI=1S/C11H14N4O2S/c12-7-10-2-1-3-11(6-10)18(16,17)5-4-15-9-13-8-14-15/h1-3,6,8-9H,4-5,7,12H2. The van der Waals surface area contributed by atoms with E-state index >= 15 is 0 Å². The highest BCUT2D eigenvalue weighted by Gasteiger charge is 2.14. The van der Waals surface area contributed by atoms with Gasteiger partial charge in [0.2, 0.25) is 0 Å². The molecule has 1 aromatic heterocycles. The smallest absolute Gasteiger partial charge is 0.180 e. The van der Waals surface area contributed by atoms with E-state index in [-0.39, 0.29) is 12.3 Å². The summed E-state index contributed by atoms with van der Waals surface area (Å²) in [5.41, 5.74) is 6.30. The summed E-state index contributed by atoms with van der Waals surface area (Å²) in [6, 6.07) is 6.69. The molecule has 0 saturated heterocycles. The van der Waals surface area contributed by atoms with Crippen LogP contribution in [0, 0.1) is 0 Å². The first-order valence-electron chi connectivity index (χ1n) is 5.46. The Labute approximate surface area is 105 Å². The molecule has 0 unspecified atom stereocenters. The fraction of sp³-hybridized carbons (Fsp3) is 0.273. The highest BCUT2D eigenvalue weighted by molar-refractivity contribution is 7.91. The lowest BCUT2D eigenvalue weighted by molar-refractivity contribution is 0.580. The average Bonchev–Trinajstić information content (AvgIpc) is 2.90. The topological polar surface area (TPSA) is 90.9 Å². The lowest BCUT2D eigenvalue weighted by Gasteiger charge is -2.06. The van der Waals surface area contributed by atoms with E-state index in [9.17, 15) is 8.42 Å². The van der Waals surface area contributed by atoms with Gasteiger partial charge in [0.05, 0.1) is 17.2 Å². The Hall–Kier alpha value is -1.73. The predicted molar refractivity (Wildman–Crippen MR) is 66.4 cm³/mol. The van der Waals surface area contributed by atoms with Gasteiger partial charge in [0.15, 0.2) is 9.84 Å². The Bertz CT molecular complexity index is 608. The number of hydrogen-bond acceptors (Lipinski definition) is 5. The molecule has 0 fully saturated rings. The molecule has 6 nitrogen and oxygen atoms in total. The molecule has 0 atom stereocenters. The first kappa shape index (κ1) is 12.7. The molecule has 0 radical (unpaired) electrons. The lowest BCUT2D eigenvalue weighted by Crippen LogP contribution is -2.14. The van der Waals surface area contributed by atoms with Gasteiger partial charge in [-0.3, -0.25) is 4.68 Å². The first-order chi connectivity index (χ1) is 8.62. The van der Waals surface area contributed by atoms with Gasteiger partial charge in [-0.2, -0.15) is 5.10 Å². The van der Waals surface area contributed by atoms with Crippen LogP contribution in [-0.4, -0.2) is 28.9 Å². The largest absolute Gasteiger partial charge is 0.326 e. The van der Waals surface area contributed by atoms with E-state index in [4.69, 9.17) is 5.73 Å². The zero-order valence-corrected chi connectivity index (χ0v) is 10.5. The first-order valence-corrected chi connectivity index (χ1v) is 7.11. The molecular formula is C11H14N4O2S. The molecule has 0 amide bonds. The molecule has 2 aromatic rings. The zero-order chi connectivity index (χ0) is 13.0. The van der Waals surface area contributed by atoms with Gasteiger partial charge in [-0.25, -0.2) is 13.4 Å². The summed E-state index contributed by atoms with van der Waals surface area (Å²) in [6.07, 6.45) is 2.87. The maximum absolute atomic E-state index is 12.1. The second-order valence-electron chi connectivity index (χ2n) is 3.83. The molecule has 7 heteroatoms. The number of aromatic nitrogens is 3.